The van der Waals surface area contributed by atoms with Crippen LogP contribution in [0.15, 0.2) is 71.6 Å². The molecular weight excluding hydrogens is 478 g/mol. The standard InChI is InChI=1S/C26H23N5O6/c1-16-21(29-25(35)36-14-17-5-3-2-4-6-17)22(37-30-16)20-13-31(15-27-20)24(34)28-19-9-7-18(8-10-19)26(11-12-26)23(32)33/h2-10,13,15H,11-12,14H2,1H3,(H,28,34)(H,29,35)(H,32,33). The molecule has 2 heterocycles. The zero-order valence-corrected chi connectivity index (χ0v) is 19.8. The number of nitrogens with one attached hydrogen (secondary N) is 2. The molecule has 2 amide bonds. The first-order chi connectivity index (χ1) is 17.9. The lowest BCUT2D eigenvalue weighted by Crippen LogP contribution is -2.20. The molecule has 1 aliphatic carbocycles. The predicted octanol–water partition coefficient (Wildman–Crippen LogP) is 4.79. The van der Waals surface area contributed by atoms with Gasteiger partial charge >= 0.3 is 18.1 Å². The van der Waals surface area contributed by atoms with Crippen molar-refractivity contribution in [3.63, 3.8) is 0 Å². The topological polar surface area (TPSA) is 149 Å². The number of nitrogens with zero attached hydrogens (tertiary/aromatic N) is 3. The minimum absolute atomic E-state index is 0.0966. The van der Waals surface area contributed by atoms with E-state index in [2.05, 4.69) is 20.8 Å². The number of carboxylic acids is 1. The van der Waals surface area contributed by atoms with Crippen LogP contribution in [0, 0.1) is 6.92 Å². The molecule has 1 aliphatic rings. The highest BCUT2D eigenvalue weighted by Crippen LogP contribution is 2.48. The lowest BCUT2D eigenvalue weighted by molar-refractivity contribution is -0.140. The summed E-state index contributed by atoms with van der Waals surface area (Å²) in [4.78, 5) is 40.8. The summed E-state index contributed by atoms with van der Waals surface area (Å²) in [5.41, 5.74) is 2.23. The number of rotatable bonds is 7. The largest absolute Gasteiger partial charge is 0.481 e. The molecule has 0 aliphatic heterocycles. The number of aliphatic carboxylic acids is 1. The average Bonchev–Trinajstić information content (AvgIpc) is 3.44. The monoisotopic (exact) mass is 501 g/mol. The van der Waals surface area contributed by atoms with Gasteiger partial charge in [-0.3, -0.25) is 14.7 Å². The maximum absolute atomic E-state index is 12.7. The smallest absolute Gasteiger partial charge is 0.412 e. The minimum atomic E-state index is -0.837. The second-order valence-corrected chi connectivity index (χ2v) is 8.72. The van der Waals surface area contributed by atoms with Gasteiger partial charge in [0.15, 0.2) is 0 Å². The van der Waals surface area contributed by atoms with Crippen LogP contribution in [0.2, 0.25) is 0 Å². The van der Waals surface area contributed by atoms with E-state index in [1.54, 1.807) is 31.2 Å². The molecule has 0 bridgehead atoms. The second kappa shape index (κ2) is 9.61. The predicted molar refractivity (Wildman–Crippen MR) is 132 cm³/mol. The molecule has 0 unspecified atom stereocenters. The van der Waals surface area contributed by atoms with Crippen LogP contribution in [0.5, 0.6) is 0 Å². The van der Waals surface area contributed by atoms with Crippen molar-refractivity contribution in [3.8, 4) is 11.5 Å². The third-order valence-electron chi connectivity index (χ3n) is 6.20. The van der Waals surface area contributed by atoms with Crippen molar-refractivity contribution in [2.24, 2.45) is 0 Å². The molecule has 2 aromatic heterocycles. The zero-order chi connectivity index (χ0) is 26.0. The molecule has 188 valence electrons. The number of hydrogen-bond donors (Lipinski definition) is 3. The Labute approximate surface area is 211 Å². The number of ether oxygens (including phenoxy) is 1. The van der Waals surface area contributed by atoms with E-state index >= 15 is 0 Å². The first-order valence-electron chi connectivity index (χ1n) is 11.5. The van der Waals surface area contributed by atoms with Crippen LogP contribution in [0.4, 0.5) is 21.0 Å². The third kappa shape index (κ3) is 4.92. The van der Waals surface area contributed by atoms with Crippen LogP contribution in [-0.4, -0.2) is 37.9 Å². The SMILES string of the molecule is Cc1noc(-c2cn(C(=O)Nc3ccc(C4(C(=O)O)CC4)cc3)cn2)c1NC(=O)OCc1ccccc1. The van der Waals surface area contributed by atoms with Gasteiger partial charge in [-0.25, -0.2) is 14.6 Å². The molecule has 1 fully saturated rings. The molecular formula is C26H23N5O6. The van der Waals surface area contributed by atoms with Crippen molar-refractivity contribution in [3.05, 3.63) is 83.9 Å². The summed E-state index contributed by atoms with van der Waals surface area (Å²) in [6.45, 7) is 1.75. The highest BCUT2D eigenvalue weighted by atomic mass is 16.5. The minimum Gasteiger partial charge on any atom is -0.481 e. The number of hydrogen-bond acceptors (Lipinski definition) is 7. The van der Waals surface area contributed by atoms with Gasteiger partial charge in [-0.05, 0) is 43.0 Å². The maximum atomic E-state index is 12.7. The van der Waals surface area contributed by atoms with E-state index in [1.165, 1.54) is 17.1 Å². The second-order valence-electron chi connectivity index (χ2n) is 8.72. The fourth-order valence-electron chi connectivity index (χ4n) is 3.92. The Morgan fingerprint density at radius 1 is 1.08 bits per heavy atom. The summed E-state index contributed by atoms with van der Waals surface area (Å²) >= 11 is 0. The van der Waals surface area contributed by atoms with Crippen LogP contribution in [0.3, 0.4) is 0 Å². The fraction of sp³-hybridized carbons (Fsp3) is 0.192. The Bertz CT molecular complexity index is 1450. The summed E-state index contributed by atoms with van der Waals surface area (Å²) in [5.74, 6) is -0.662. The van der Waals surface area contributed by atoms with Crippen LogP contribution < -0.4 is 10.6 Å². The molecule has 5 rings (SSSR count). The zero-order valence-electron chi connectivity index (χ0n) is 19.8. The van der Waals surface area contributed by atoms with E-state index in [-0.39, 0.29) is 23.7 Å². The molecule has 11 heteroatoms. The number of carbonyl (C=O) groups is 3. The number of benzene rings is 2. The van der Waals surface area contributed by atoms with E-state index in [1.807, 2.05) is 30.3 Å². The molecule has 37 heavy (non-hydrogen) atoms. The van der Waals surface area contributed by atoms with E-state index in [4.69, 9.17) is 9.26 Å². The Morgan fingerprint density at radius 3 is 2.49 bits per heavy atom. The lowest BCUT2D eigenvalue weighted by Gasteiger charge is -2.11. The number of carboxylic acid groups (broad SMARTS) is 1. The fourth-order valence-corrected chi connectivity index (χ4v) is 3.92. The number of aromatic nitrogens is 3. The highest BCUT2D eigenvalue weighted by molar-refractivity contribution is 5.93. The molecule has 0 radical (unpaired) electrons. The Morgan fingerprint density at radius 2 is 1.81 bits per heavy atom. The van der Waals surface area contributed by atoms with E-state index < -0.39 is 23.5 Å². The van der Waals surface area contributed by atoms with Crippen molar-refractivity contribution in [2.45, 2.75) is 31.8 Å². The lowest BCUT2D eigenvalue weighted by atomic mass is 9.96. The third-order valence-corrected chi connectivity index (χ3v) is 6.20. The quantitative estimate of drug-likeness (QED) is 0.327. The van der Waals surface area contributed by atoms with Crippen LogP contribution in [-0.2, 0) is 21.6 Å². The number of amides is 2. The summed E-state index contributed by atoms with van der Waals surface area (Å²) in [5, 5.41) is 18.7. The van der Waals surface area contributed by atoms with Gasteiger partial charge in [0.05, 0.1) is 5.41 Å². The number of imidazole rings is 1. The molecule has 3 N–H and O–H groups in total. The molecule has 0 saturated heterocycles. The van der Waals surface area contributed by atoms with Crippen LogP contribution in [0.25, 0.3) is 11.5 Å². The van der Waals surface area contributed by atoms with E-state index in [0.29, 0.717) is 29.8 Å². The molecule has 11 nitrogen and oxygen atoms in total. The van der Waals surface area contributed by atoms with Crippen molar-refractivity contribution in [2.75, 3.05) is 10.6 Å². The normalized spacial score (nSPS) is 13.5. The van der Waals surface area contributed by atoms with Gasteiger partial charge in [-0.15, -0.1) is 0 Å². The molecule has 2 aromatic carbocycles. The Hall–Kier alpha value is -4.93. The van der Waals surface area contributed by atoms with Crippen molar-refractivity contribution >= 4 is 29.5 Å². The molecule has 0 atom stereocenters. The number of carbonyl (C=O) groups excluding carboxylic acids is 2. The first-order valence-corrected chi connectivity index (χ1v) is 11.5. The van der Waals surface area contributed by atoms with Crippen molar-refractivity contribution in [1.82, 2.24) is 14.7 Å². The molecule has 1 saturated carbocycles. The summed E-state index contributed by atoms with van der Waals surface area (Å²) in [7, 11) is 0. The van der Waals surface area contributed by atoms with E-state index in [9.17, 15) is 19.5 Å². The number of anilines is 2. The van der Waals surface area contributed by atoms with Crippen LogP contribution in [0.1, 0.15) is 29.7 Å². The molecule has 0 spiro atoms. The maximum Gasteiger partial charge on any atom is 0.412 e. The van der Waals surface area contributed by atoms with Gasteiger partial charge in [-0.1, -0.05) is 47.6 Å². The Balaban J connectivity index is 1.24. The summed E-state index contributed by atoms with van der Waals surface area (Å²) in [6.07, 6.45) is 3.27. The van der Waals surface area contributed by atoms with Gasteiger partial charge in [0.2, 0.25) is 5.76 Å². The summed E-state index contributed by atoms with van der Waals surface area (Å²) < 4.78 is 11.8. The van der Waals surface area contributed by atoms with Crippen molar-refractivity contribution < 1.29 is 28.8 Å². The van der Waals surface area contributed by atoms with Gasteiger partial charge in [0.25, 0.3) is 0 Å². The number of aryl methyl sites for hydroxylation is 1. The van der Waals surface area contributed by atoms with Gasteiger partial charge in [-0.2, -0.15) is 0 Å². The summed E-state index contributed by atoms with van der Waals surface area (Å²) in [6, 6.07) is 15.5. The van der Waals surface area contributed by atoms with Gasteiger partial charge in [0.1, 0.15) is 30.0 Å². The van der Waals surface area contributed by atoms with Crippen molar-refractivity contribution in [1.29, 1.82) is 0 Å². The average molecular weight is 501 g/mol. The van der Waals surface area contributed by atoms with Crippen LogP contribution >= 0.6 is 0 Å². The van der Waals surface area contributed by atoms with Gasteiger partial charge in [0, 0.05) is 11.9 Å². The van der Waals surface area contributed by atoms with E-state index in [0.717, 1.165) is 5.56 Å². The Kier molecular flexibility index (Phi) is 6.18. The first kappa shape index (κ1) is 23.8. The molecule has 4 aromatic rings. The van der Waals surface area contributed by atoms with Gasteiger partial charge < -0.3 is 19.7 Å². The highest BCUT2D eigenvalue weighted by Gasteiger charge is 2.51.